The predicted octanol–water partition coefficient (Wildman–Crippen LogP) is 2.25. The molecule has 0 aromatic heterocycles. The van der Waals surface area contributed by atoms with Gasteiger partial charge in [0.15, 0.2) is 5.78 Å². The van der Waals surface area contributed by atoms with Crippen molar-refractivity contribution in [3.05, 3.63) is 39.4 Å². The first-order valence-corrected chi connectivity index (χ1v) is 6.19. The molecule has 0 unspecified atom stereocenters. The Bertz CT molecular complexity index is 559. The molecule has 1 aromatic carbocycles. The summed E-state index contributed by atoms with van der Waals surface area (Å²) in [6.07, 6.45) is 0. The molecule has 0 saturated carbocycles. The van der Waals surface area contributed by atoms with Crippen LogP contribution in [0.15, 0.2) is 18.2 Å². The maximum Gasteiger partial charge on any atom is 0.282 e. The highest BCUT2D eigenvalue weighted by atomic mass is 16.6. The molecule has 0 spiro atoms. The van der Waals surface area contributed by atoms with Gasteiger partial charge in [-0.3, -0.25) is 19.7 Å². The van der Waals surface area contributed by atoms with Gasteiger partial charge in [0.2, 0.25) is 0 Å². The Labute approximate surface area is 117 Å². The number of carbonyl (C=O) groups excluding carboxylic acids is 2. The highest BCUT2D eigenvalue weighted by Gasteiger charge is 2.24. The van der Waals surface area contributed by atoms with Crippen LogP contribution in [0.3, 0.4) is 0 Å². The van der Waals surface area contributed by atoms with Crippen molar-refractivity contribution in [1.29, 1.82) is 0 Å². The molecule has 6 nitrogen and oxygen atoms in total. The quantitative estimate of drug-likeness (QED) is 0.675. The lowest BCUT2D eigenvalue weighted by Crippen LogP contribution is -2.35. The second-order valence-electron chi connectivity index (χ2n) is 5.63. The van der Waals surface area contributed by atoms with Crippen molar-refractivity contribution in [2.45, 2.75) is 27.7 Å². The number of rotatable bonds is 4. The molecule has 0 bridgehead atoms. The first kappa shape index (κ1) is 15.8. The molecule has 0 fully saturated rings. The van der Waals surface area contributed by atoms with E-state index in [1.807, 2.05) is 0 Å². The van der Waals surface area contributed by atoms with E-state index >= 15 is 0 Å². The summed E-state index contributed by atoms with van der Waals surface area (Å²) >= 11 is 0. The lowest BCUT2D eigenvalue weighted by Gasteiger charge is -2.16. The van der Waals surface area contributed by atoms with E-state index in [0.717, 1.165) is 5.56 Å². The molecular weight excluding hydrogens is 260 g/mol. The topological polar surface area (TPSA) is 89.3 Å². The number of amides is 1. The normalized spacial score (nSPS) is 11.0. The van der Waals surface area contributed by atoms with E-state index in [0.29, 0.717) is 0 Å². The molecule has 0 aliphatic carbocycles. The number of nitro benzene ring substituents is 1. The summed E-state index contributed by atoms with van der Waals surface area (Å²) in [5.41, 5.74) is -0.123. The predicted molar refractivity (Wildman–Crippen MR) is 74.6 cm³/mol. The number of Topliss-reactive ketones (excluding diaryl/α,β-unsaturated/α-hetero) is 1. The smallest absolute Gasteiger partial charge is 0.282 e. The average Bonchev–Trinajstić information content (AvgIpc) is 2.33. The van der Waals surface area contributed by atoms with Crippen LogP contribution in [0.25, 0.3) is 0 Å². The molecule has 1 N–H and O–H groups in total. The van der Waals surface area contributed by atoms with Crippen molar-refractivity contribution in [3.8, 4) is 0 Å². The number of ketones is 1. The zero-order valence-corrected chi connectivity index (χ0v) is 12.0. The van der Waals surface area contributed by atoms with E-state index in [1.165, 1.54) is 12.1 Å². The number of hydrogen-bond acceptors (Lipinski definition) is 4. The standard InChI is InChI=1S/C14H18N2O4/c1-9-5-6-11(16(19)20)10(7-9)13(18)15-8-12(17)14(2,3)4/h5-7H,8H2,1-4H3,(H,15,18). The van der Waals surface area contributed by atoms with Gasteiger partial charge in [0.25, 0.3) is 11.6 Å². The summed E-state index contributed by atoms with van der Waals surface area (Å²) in [6, 6.07) is 4.29. The molecule has 0 radical (unpaired) electrons. The van der Waals surface area contributed by atoms with Crippen LogP contribution in [0.5, 0.6) is 0 Å². The van der Waals surface area contributed by atoms with Gasteiger partial charge in [0, 0.05) is 11.5 Å². The second-order valence-corrected chi connectivity index (χ2v) is 5.63. The minimum absolute atomic E-state index is 0.0308. The van der Waals surface area contributed by atoms with Crippen molar-refractivity contribution >= 4 is 17.4 Å². The van der Waals surface area contributed by atoms with E-state index < -0.39 is 16.2 Å². The zero-order chi connectivity index (χ0) is 15.5. The van der Waals surface area contributed by atoms with Gasteiger partial charge in [0.05, 0.1) is 11.5 Å². The molecule has 1 amide bonds. The highest BCUT2D eigenvalue weighted by Crippen LogP contribution is 2.20. The molecule has 0 saturated heterocycles. The molecule has 0 aliphatic heterocycles. The number of nitrogens with one attached hydrogen (secondary N) is 1. The lowest BCUT2D eigenvalue weighted by molar-refractivity contribution is -0.385. The van der Waals surface area contributed by atoms with E-state index in [2.05, 4.69) is 5.32 Å². The van der Waals surface area contributed by atoms with Gasteiger partial charge < -0.3 is 5.32 Å². The molecule has 6 heteroatoms. The summed E-state index contributed by atoms with van der Waals surface area (Å²) < 4.78 is 0. The Balaban J connectivity index is 2.91. The van der Waals surface area contributed by atoms with Gasteiger partial charge >= 0.3 is 0 Å². The first-order valence-electron chi connectivity index (χ1n) is 6.19. The van der Waals surface area contributed by atoms with E-state index in [1.54, 1.807) is 33.8 Å². The number of carbonyl (C=O) groups is 2. The van der Waals surface area contributed by atoms with Crippen LogP contribution in [-0.4, -0.2) is 23.2 Å². The Kier molecular flexibility index (Phi) is 4.60. The average molecular weight is 278 g/mol. The molecule has 0 atom stereocenters. The van der Waals surface area contributed by atoms with Crippen LogP contribution < -0.4 is 5.32 Å². The number of aryl methyl sites for hydroxylation is 1. The molecule has 1 rings (SSSR count). The first-order chi connectivity index (χ1) is 9.12. The summed E-state index contributed by atoms with van der Waals surface area (Å²) in [5.74, 6) is -0.751. The van der Waals surface area contributed by atoms with Crippen LogP contribution in [-0.2, 0) is 4.79 Å². The van der Waals surface area contributed by atoms with Gasteiger partial charge in [-0.25, -0.2) is 0 Å². The fourth-order valence-corrected chi connectivity index (χ4v) is 1.51. The van der Waals surface area contributed by atoms with Crippen LogP contribution in [0, 0.1) is 22.5 Å². The van der Waals surface area contributed by atoms with Gasteiger partial charge in [0.1, 0.15) is 5.56 Å². The fourth-order valence-electron chi connectivity index (χ4n) is 1.51. The molecule has 20 heavy (non-hydrogen) atoms. The molecule has 0 heterocycles. The van der Waals surface area contributed by atoms with Crippen LogP contribution in [0.4, 0.5) is 5.69 Å². The Hall–Kier alpha value is -2.24. The largest absolute Gasteiger partial charge is 0.345 e. The molecular formula is C14H18N2O4. The van der Waals surface area contributed by atoms with E-state index in [9.17, 15) is 19.7 Å². The molecule has 108 valence electrons. The Morgan fingerprint density at radius 1 is 1.30 bits per heavy atom. The summed E-state index contributed by atoms with van der Waals surface area (Å²) in [5, 5.41) is 13.3. The highest BCUT2D eigenvalue weighted by molar-refractivity contribution is 6.00. The maximum atomic E-state index is 12.0. The van der Waals surface area contributed by atoms with E-state index in [-0.39, 0.29) is 23.6 Å². The summed E-state index contributed by atoms with van der Waals surface area (Å²) in [6.45, 7) is 6.83. The van der Waals surface area contributed by atoms with Gasteiger partial charge in [-0.05, 0) is 18.6 Å². The van der Waals surface area contributed by atoms with Crippen molar-refractivity contribution in [3.63, 3.8) is 0 Å². The third kappa shape index (κ3) is 3.88. The minimum Gasteiger partial charge on any atom is -0.345 e. The van der Waals surface area contributed by atoms with Crippen LogP contribution in [0.1, 0.15) is 36.7 Å². The maximum absolute atomic E-state index is 12.0. The number of nitro groups is 1. The third-order valence-electron chi connectivity index (χ3n) is 2.84. The Morgan fingerprint density at radius 2 is 1.90 bits per heavy atom. The summed E-state index contributed by atoms with van der Waals surface area (Å²) in [7, 11) is 0. The zero-order valence-electron chi connectivity index (χ0n) is 12.0. The van der Waals surface area contributed by atoms with Crippen molar-refractivity contribution in [2.24, 2.45) is 5.41 Å². The van der Waals surface area contributed by atoms with Crippen molar-refractivity contribution < 1.29 is 14.5 Å². The Morgan fingerprint density at radius 3 is 2.40 bits per heavy atom. The van der Waals surface area contributed by atoms with Crippen molar-refractivity contribution in [1.82, 2.24) is 5.32 Å². The van der Waals surface area contributed by atoms with E-state index in [4.69, 9.17) is 0 Å². The third-order valence-corrected chi connectivity index (χ3v) is 2.84. The van der Waals surface area contributed by atoms with Crippen LogP contribution >= 0.6 is 0 Å². The van der Waals surface area contributed by atoms with Gasteiger partial charge in [-0.2, -0.15) is 0 Å². The molecule has 0 aliphatic rings. The monoisotopic (exact) mass is 278 g/mol. The minimum atomic E-state index is -0.613. The lowest BCUT2D eigenvalue weighted by atomic mass is 9.91. The molecule has 1 aromatic rings. The number of benzene rings is 1. The van der Waals surface area contributed by atoms with Crippen molar-refractivity contribution in [2.75, 3.05) is 6.54 Å². The van der Waals surface area contributed by atoms with Gasteiger partial charge in [-0.1, -0.05) is 26.8 Å². The second kappa shape index (κ2) is 5.81. The van der Waals surface area contributed by atoms with Gasteiger partial charge in [-0.15, -0.1) is 0 Å². The summed E-state index contributed by atoms with van der Waals surface area (Å²) in [4.78, 5) is 34.0. The SMILES string of the molecule is Cc1ccc([N+](=O)[O-])c(C(=O)NCC(=O)C(C)(C)C)c1. The number of nitrogens with zero attached hydrogens (tertiary/aromatic N) is 1. The van der Waals surface area contributed by atoms with Crippen LogP contribution in [0.2, 0.25) is 0 Å². The number of hydrogen-bond donors (Lipinski definition) is 1. The fraction of sp³-hybridized carbons (Fsp3) is 0.429.